The van der Waals surface area contributed by atoms with E-state index in [1.165, 1.54) is 36.0 Å². The highest BCUT2D eigenvalue weighted by Gasteiger charge is 2.07. The van der Waals surface area contributed by atoms with Gasteiger partial charge in [0.1, 0.15) is 16.7 Å². The fourth-order valence-electron chi connectivity index (χ4n) is 1.81. The van der Waals surface area contributed by atoms with E-state index in [0.717, 1.165) is 16.0 Å². The number of rotatable bonds is 3. The molecule has 1 heterocycles. The molecule has 1 aromatic heterocycles. The second-order valence-electron chi connectivity index (χ2n) is 4.13. The van der Waals surface area contributed by atoms with Gasteiger partial charge in [0.25, 0.3) is 0 Å². The van der Waals surface area contributed by atoms with Crippen LogP contribution in [-0.4, -0.2) is 10.2 Å². The topological polar surface area (TPSA) is 28.7 Å². The van der Waals surface area contributed by atoms with Gasteiger partial charge in [-0.15, -0.1) is 0 Å². The van der Waals surface area contributed by atoms with Gasteiger partial charge in [-0.1, -0.05) is 23.9 Å². The van der Waals surface area contributed by atoms with E-state index >= 15 is 0 Å². The first-order valence-electron chi connectivity index (χ1n) is 5.73. The van der Waals surface area contributed by atoms with Gasteiger partial charge in [0.2, 0.25) is 0 Å². The molecule has 0 saturated carbocycles. The number of H-pyrrole nitrogens is 1. The molecule has 0 bridgehead atoms. The fraction of sp³-hybridized carbons (Fsp3) is 0.0714. The Balaban J connectivity index is 1.80. The molecule has 96 valence electrons. The van der Waals surface area contributed by atoms with Crippen LogP contribution in [0.1, 0.15) is 5.56 Å². The monoisotopic (exact) mass is 276 g/mol. The normalized spacial score (nSPS) is 11.1. The summed E-state index contributed by atoms with van der Waals surface area (Å²) in [6.45, 7) is 0. The molecule has 3 aromatic rings. The summed E-state index contributed by atoms with van der Waals surface area (Å²) in [6.07, 6.45) is 0. The van der Waals surface area contributed by atoms with Crippen LogP contribution >= 0.6 is 11.8 Å². The predicted octanol–water partition coefficient (Wildman–Crippen LogP) is 4.13. The molecular formula is C14H10F2N2S. The van der Waals surface area contributed by atoms with Gasteiger partial charge in [-0.25, -0.2) is 8.78 Å². The highest BCUT2D eigenvalue weighted by atomic mass is 32.2. The zero-order valence-electron chi connectivity index (χ0n) is 9.86. The Kier molecular flexibility index (Phi) is 3.21. The standard InChI is InChI=1S/C14H10F2N2S/c15-10-3-1-9(2-4-10)8-19-14-12-6-5-11(16)7-13(12)17-18-14/h1-7H,8H2,(H,17,18). The van der Waals surface area contributed by atoms with Crippen molar-refractivity contribution in [2.75, 3.05) is 0 Å². The van der Waals surface area contributed by atoms with Gasteiger partial charge in [0.05, 0.1) is 5.52 Å². The van der Waals surface area contributed by atoms with Gasteiger partial charge in [-0.2, -0.15) is 5.10 Å². The summed E-state index contributed by atoms with van der Waals surface area (Å²) in [5, 5.41) is 8.69. The number of thioether (sulfide) groups is 1. The van der Waals surface area contributed by atoms with Crippen LogP contribution in [0.25, 0.3) is 10.9 Å². The summed E-state index contributed by atoms with van der Waals surface area (Å²) in [6, 6.07) is 10.9. The highest BCUT2D eigenvalue weighted by molar-refractivity contribution is 7.98. The molecule has 3 rings (SSSR count). The minimum Gasteiger partial charge on any atom is -0.277 e. The molecule has 0 radical (unpaired) electrons. The first-order chi connectivity index (χ1) is 9.22. The van der Waals surface area contributed by atoms with Crippen molar-refractivity contribution in [2.24, 2.45) is 0 Å². The number of aromatic nitrogens is 2. The molecule has 0 aliphatic rings. The Morgan fingerprint density at radius 1 is 1.00 bits per heavy atom. The van der Waals surface area contributed by atoms with Gasteiger partial charge in [0.15, 0.2) is 0 Å². The summed E-state index contributed by atoms with van der Waals surface area (Å²) in [4.78, 5) is 0. The van der Waals surface area contributed by atoms with Crippen molar-refractivity contribution < 1.29 is 8.78 Å². The summed E-state index contributed by atoms with van der Waals surface area (Å²) in [7, 11) is 0. The molecule has 0 fully saturated rings. The number of aromatic amines is 1. The van der Waals surface area contributed by atoms with Crippen molar-refractivity contribution in [1.29, 1.82) is 0 Å². The first kappa shape index (κ1) is 12.2. The number of nitrogens with zero attached hydrogens (tertiary/aromatic N) is 1. The van der Waals surface area contributed by atoms with E-state index < -0.39 is 0 Å². The molecular weight excluding hydrogens is 266 g/mol. The summed E-state index contributed by atoms with van der Waals surface area (Å²) >= 11 is 1.53. The van der Waals surface area contributed by atoms with Gasteiger partial charge >= 0.3 is 0 Å². The lowest BCUT2D eigenvalue weighted by atomic mass is 10.2. The molecule has 0 aliphatic carbocycles. The molecule has 0 atom stereocenters. The molecule has 5 heteroatoms. The van der Waals surface area contributed by atoms with E-state index in [1.807, 2.05) is 0 Å². The highest BCUT2D eigenvalue weighted by Crippen LogP contribution is 2.28. The van der Waals surface area contributed by atoms with Crippen LogP contribution in [0.2, 0.25) is 0 Å². The van der Waals surface area contributed by atoms with E-state index in [1.54, 1.807) is 18.2 Å². The Bertz CT molecular complexity index is 707. The van der Waals surface area contributed by atoms with Crippen molar-refractivity contribution in [3.63, 3.8) is 0 Å². The van der Waals surface area contributed by atoms with Crippen molar-refractivity contribution in [2.45, 2.75) is 10.8 Å². The quantitative estimate of drug-likeness (QED) is 0.728. The second kappa shape index (κ2) is 5.01. The summed E-state index contributed by atoms with van der Waals surface area (Å²) < 4.78 is 25.8. The Morgan fingerprint density at radius 3 is 2.53 bits per heavy atom. The van der Waals surface area contributed by atoms with Crippen LogP contribution in [0, 0.1) is 11.6 Å². The van der Waals surface area contributed by atoms with Gasteiger partial charge in [-0.05, 0) is 35.9 Å². The van der Waals surface area contributed by atoms with Crippen LogP contribution < -0.4 is 0 Å². The van der Waals surface area contributed by atoms with Gasteiger partial charge < -0.3 is 0 Å². The maximum atomic E-state index is 13.0. The number of hydrogen-bond acceptors (Lipinski definition) is 2. The number of nitrogens with one attached hydrogen (secondary N) is 1. The minimum absolute atomic E-state index is 0.241. The lowest BCUT2D eigenvalue weighted by Crippen LogP contribution is -1.82. The van der Waals surface area contributed by atoms with E-state index in [0.29, 0.717) is 11.3 Å². The number of halogens is 2. The largest absolute Gasteiger partial charge is 0.277 e. The molecule has 19 heavy (non-hydrogen) atoms. The smallest absolute Gasteiger partial charge is 0.126 e. The first-order valence-corrected chi connectivity index (χ1v) is 6.72. The Labute approximate surface area is 112 Å². The van der Waals surface area contributed by atoms with Crippen LogP contribution in [0.3, 0.4) is 0 Å². The third-order valence-corrected chi connectivity index (χ3v) is 3.84. The van der Waals surface area contributed by atoms with E-state index in [4.69, 9.17) is 0 Å². The second-order valence-corrected chi connectivity index (χ2v) is 5.10. The van der Waals surface area contributed by atoms with Crippen molar-refractivity contribution in [1.82, 2.24) is 10.2 Å². The molecule has 0 amide bonds. The molecule has 0 saturated heterocycles. The third kappa shape index (κ3) is 2.61. The number of hydrogen-bond donors (Lipinski definition) is 1. The number of fused-ring (bicyclic) bond motifs is 1. The van der Waals surface area contributed by atoms with Crippen LogP contribution in [0.5, 0.6) is 0 Å². The Hall–Kier alpha value is -1.88. The van der Waals surface area contributed by atoms with Crippen molar-refractivity contribution in [3.05, 3.63) is 59.7 Å². The van der Waals surface area contributed by atoms with Gasteiger partial charge in [0, 0.05) is 11.1 Å². The molecule has 2 nitrogen and oxygen atoms in total. The molecule has 2 aromatic carbocycles. The van der Waals surface area contributed by atoms with E-state index in [-0.39, 0.29) is 11.6 Å². The average molecular weight is 276 g/mol. The zero-order valence-corrected chi connectivity index (χ0v) is 10.7. The van der Waals surface area contributed by atoms with Crippen LogP contribution in [0.15, 0.2) is 47.5 Å². The maximum absolute atomic E-state index is 13.0. The van der Waals surface area contributed by atoms with Crippen LogP contribution in [-0.2, 0) is 5.75 Å². The molecule has 0 spiro atoms. The fourth-order valence-corrected chi connectivity index (χ4v) is 2.75. The van der Waals surface area contributed by atoms with E-state index in [2.05, 4.69) is 10.2 Å². The molecule has 0 aliphatic heterocycles. The van der Waals surface area contributed by atoms with Crippen molar-refractivity contribution in [3.8, 4) is 0 Å². The zero-order chi connectivity index (χ0) is 13.2. The van der Waals surface area contributed by atoms with Crippen molar-refractivity contribution >= 4 is 22.7 Å². The predicted molar refractivity (Wildman–Crippen MR) is 72.0 cm³/mol. The Morgan fingerprint density at radius 2 is 1.74 bits per heavy atom. The van der Waals surface area contributed by atoms with Gasteiger partial charge in [-0.3, -0.25) is 5.10 Å². The molecule has 0 unspecified atom stereocenters. The maximum Gasteiger partial charge on any atom is 0.126 e. The lowest BCUT2D eigenvalue weighted by molar-refractivity contribution is 0.627. The average Bonchev–Trinajstić information content (AvgIpc) is 2.80. The third-order valence-electron chi connectivity index (χ3n) is 2.78. The van der Waals surface area contributed by atoms with E-state index in [9.17, 15) is 8.78 Å². The summed E-state index contributed by atoms with van der Waals surface area (Å²) in [5.74, 6) is 0.165. The molecule has 1 N–H and O–H groups in total. The SMILES string of the molecule is Fc1ccc(CSc2n[nH]c3cc(F)ccc23)cc1. The lowest BCUT2D eigenvalue weighted by Gasteiger charge is -1.99. The van der Waals surface area contributed by atoms with Crippen LogP contribution in [0.4, 0.5) is 8.78 Å². The number of benzene rings is 2. The minimum atomic E-state index is -0.286. The summed E-state index contributed by atoms with van der Waals surface area (Å²) in [5.41, 5.74) is 1.70.